The second-order valence-electron chi connectivity index (χ2n) is 2.96. The molecule has 0 aromatic carbocycles. The van der Waals surface area contributed by atoms with Gasteiger partial charge < -0.3 is 5.73 Å². The zero-order valence-electron chi connectivity index (χ0n) is 5.95. The molecule has 1 aliphatic heterocycles. The van der Waals surface area contributed by atoms with Crippen molar-refractivity contribution in [2.75, 3.05) is 11.5 Å². The van der Waals surface area contributed by atoms with E-state index in [1.54, 1.807) is 0 Å². The number of nitrogens with two attached hydrogens (primary N) is 1. The molecular formula is C6H10F3NS. The van der Waals surface area contributed by atoms with E-state index < -0.39 is 18.1 Å². The maximum absolute atomic E-state index is 11.9. The highest BCUT2D eigenvalue weighted by Crippen LogP contribution is 2.35. The number of hydrogen-bond acceptors (Lipinski definition) is 2. The van der Waals surface area contributed by atoms with Gasteiger partial charge in [-0.3, -0.25) is 0 Å². The van der Waals surface area contributed by atoms with Gasteiger partial charge in [0.15, 0.2) is 0 Å². The number of alkyl halides is 3. The van der Waals surface area contributed by atoms with Gasteiger partial charge in [0.1, 0.15) is 0 Å². The van der Waals surface area contributed by atoms with E-state index in [0.717, 1.165) is 5.75 Å². The zero-order chi connectivity index (χ0) is 8.54. The topological polar surface area (TPSA) is 26.0 Å². The first-order chi connectivity index (χ1) is 4.91. The minimum absolute atomic E-state index is 0.437. The van der Waals surface area contributed by atoms with Gasteiger partial charge in [-0.15, -0.1) is 0 Å². The molecule has 11 heavy (non-hydrogen) atoms. The van der Waals surface area contributed by atoms with Crippen LogP contribution in [-0.4, -0.2) is 23.2 Å². The van der Waals surface area contributed by atoms with Crippen LogP contribution in [0.15, 0.2) is 0 Å². The number of rotatable bonds is 1. The molecule has 66 valence electrons. The van der Waals surface area contributed by atoms with Gasteiger partial charge >= 0.3 is 6.18 Å². The Morgan fingerprint density at radius 2 is 2.09 bits per heavy atom. The van der Waals surface area contributed by atoms with E-state index in [4.69, 9.17) is 5.73 Å². The summed E-state index contributed by atoms with van der Waals surface area (Å²) in [6.07, 6.45) is -4.47. The Kier molecular flexibility index (Phi) is 2.39. The third-order valence-electron chi connectivity index (χ3n) is 1.69. The molecule has 1 fully saturated rings. The third-order valence-corrected chi connectivity index (χ3v) is 2.96. The highest BCUT2D eigenvalue weighted by Gasteiger charge is 2.41. The summed E-state index contributed by atoms with van der Waals surface area (Å²) >= 11 is 1.50. The number of halogens is 3. The average Bonchev–Trinajstić information content (AvgIpc) is 2.09. The van der Waals surface area contributed by atoms with Crippen LogP contribution in [0.5, 0.6) is 0 Å². The molecule has 1 heterocycles. The molecule has 1 aliphatic rings. The Balaban J connectivity index is 2.46. The van der Waals surface area contributed by atoms with Gasteiger partial charge in [-0.25, -0.2) is 0 Å². The summed E-state index contributed by atoms with van der Waals surface area (Å²) in [5.74, 6) is 1.19. The van der Waals surface area contributed by atoms with Crippen LogP contribution >= 0.6 is 11.8 Å². The third kappa shape index (κ3) is 2.91. The molecule has 0 aliphatic carbocycles. The van der Waals surface area contributed by atoms with E-state index in [1.165, 1.54) is 11.8 Å². The molecule has 1 rings (SSSR count). The van der Waals surface area contributed by atoms with E-state index in [1.807, 2.05) is 0 Å². The molecule has 1 nitrogen and oxygen atoms in total. The van der Waals surface area contributed by atoms with Gasteiger partial charge in [-0.2, -0.15) is 24.9 Å². The molecule has 0 spiro atoms. The Bertz CT molecular complexity index is 139. The van der Waals surface area contributed by atoms with Crippen LogP contribution in [-0.2, 0) is 0 Å². The van der Waals surface area contributed by atoms with Gasteiger partial charge in [0.2, 0.25) is 0 Å². The maximum Gasteiger partial charge on any atom is 0.390 e. The first-order valence-corrected chi connectivity index (χ1v) is 4.50. The fourth-order valence-corrected chi connectivity index (χ4v) is 2.51. The second-order valence-corrected chi connectivity index (χ2v) is 4.06. The van der Waals surface area contributed by atoms with Crippen molar-refractivity contribution in [1.82, 2.24) is 0 Å². The summed E-state index contributed by atoms with van der Waals surface area (Å²) in [7, 11) is 0. The van der Waals surface area contributed by atoms with Crippen molar-refractivity contribution in [3.05, 3.63) is 0 Å². The molecule has 0 radical (unpaired) electrons. The average molecular weight is 185 g/mol. The highest BCUT2D eigenvalue weighted by molar-refractivity contribution is 7.99. The monoisotopic (exact) mass is 185 g/mol. The molecule has 0 aromatic heterocycles. The number of hydrogen-bond donors (Lipinski definition) is 1. The molecule has 0 amide bonds. The Morgan fingerprint density at radius 1 is 1.45 bits per heavy atom. The lowest BCUT2D eigenvalue weighted by Gasteiger charge is -2.23. The highest BCUT2D eigenvalue weighted by atomic mass is 32.2. The van der Waals surface area contributed by atoms with E-state index >= 15 is 0 Å². The minimum Gasteiger partial charge on any atom is -0.324 e. The summed E-state index contributed by atoms with van der Waals surface area (Å²) in [6, 6.07) is 0. The van der Waals surface area contributed by atoms with Crippen molar-refractivity contribution in [2.45, 2.75) is 24.6 Å². The van der Waals surface area contributed by atoms with Crippen molar-refractivity contribution in [3.8, 4) is 0 Å². The largest absolute Gasteiger partial charge is 0.390 e. The first kappa shape index (κ1) is 9.19. The fraction of sp³-hybridized carbons (Fsp3) is 1.00. The molecule has 5 heteroatoms. The molecular weight excluding hydrogens is 175 g/mol. The fourth-order valence-electron chi connectivity index (χ4n) is 1.16. The van der Waals surface area contributed by atoms with Crippen molar-refractivity contribution in [2.24, 2.45) is 5.73 Å². The summed E-state index contributed by atoms with van der Waals surface area (Å²) in [6.45, 7) is 0. The molecule has 1 atom stereocenters. The predicted octanol–water partition coefficient (Wildman–Crippen LogP) is 1.77. The summed E-state index contributed by atoms with van der Waals surface area (Å²) in [5, 5.41) is 0. The predicted molar refractivity (Wildman–Crippen MR) is 39.5 cm³/mol. The van der Waals surface area contributed by atoms with Crippen molar-refractivity contribution in [1.29, 1.82) is 0 Å². The van der Waals surface area contributed by atoms with Crippen molar-refractivity contribution < 1.29 is 13.2 Å². The summed E-state index contributed by atoms with van der Waals surface area (Å²) in [5.41, 5.74) is 4.52. The standard InChI is InChI=1S/C6H10F3NS/c7-6(8,9)3-5(10)1-2-11-4-5/h1-4,10H2. The second kappa shape index (κ2) is 2.86. The van der Waals surface area contributed by atoms with Crippen LogP contribution < -0.4 is 5.73 Å². The van der Waals surface area contributed by atoms with Crippen LogP contribution in [0.4, 0.5) is 13.2 Å². The smallest absolute Gasteiger partial charge is 0.324 e. The van der Waals surface area contributed by atoms with E-state index in [0.29, 0.717) is 12.2 Å². The van der Waals surface area contributed by atoms with E-state index in [2.05, 4.69) is 0 Å². The Morgan fingerprint density at radius 3 is 2.45 bits per heavy atom. The van der Waals surface area contributed by atoms with Crippen LogP contribution in [0.1, 0.15) is 12.8 Å². The lowest BCUT2D eigenvalue weighted by molar-refractivity contribution is -0.145. The quantitative estimate of drug-likeness (QED) is 0.673. The minimum atomic E-state index is -4.11. The van der Waals surface area contributed by atoms with Crippen LogP contribution in [0.25, 0.3) is 0 Å². The summed E-state index contributed by atoms with van der Waals surface area (Å²) < 4.78 is 35.6. The van der Waals surface area contributed by atoms with Gasteiger partial charge in [-0.1, -0.05) is 0 Å². The molecule has 1 saturated heterocycles. The molecule has 0 aromatic rings. The number of thioether (sulfide) groups is 1. The van der Waals surface area contributed by atoms with Gasteiger partial charge in [0.05, 0.1) is 6.42 Å². The first-order valence-electron chi connectivity index (χ1n) is 3.35. The molecule has 1 unspecified atom stereocenters. The van der Waals surface area contributed by atoms with E-state index in [-0.39, 0.29) is 0 Å². The molecule has 0 saturated carbocycles. The van der Waals surface area contributed by atoms with Crippen molar-refractivity contribution >= 4 is 11.8 Å². The van der Waals surface area contributed by atoms with Crippen LogP contribution in [0, 0.1) is 0 Å². The van der Waals surface area contributed by atoms with Gasteiger partial charge in [0.25, 0.3) is 0 Å². The molecule has 0 bridgehead atoms. The van der Waals surface area contributed by atoms with Crippen LogP contribution in [0.2, 0.25) is 0 Å². The zero-order valence-corrected chi connectivity index (χ0v) is 6.76. The lowest BCUT2D eigenvalue weighted by Crippen LogP contribution is -2.43. The molecule has 2 N–H and O–H groups in total. The summed E-state index contributed by atoms with van der Waals surface area (Å²) in [4.78, 5) is 0. The maximum atomic E-state index is 11.9. The van der Waals surface area contributed by atoms with Gasteiger partial charge in [-0.05, 0) is 12.2 Å². The van der Waals surface area contributed by atoms with E-state index in [9.17, 15) is 13.2 Å². The Hall–Kier alpha value is 0.100. The van der Waals surface area contributed by atoms with Crippen LogP contribution in [0.3, 0.4) is 0 Å². The normalized spacial score (nSPS) is 32.7. The lowest BCUT2D eigenvalue weighted by atomic mass is 9.96. The van der Waals surface area contributed by atoms with Gasteiger partial charge in [0, 0.05) is 11.3 Å². The Labute approximate surface area is 67.5 Å². The SMILES string of the molecule is NC1(CC(F)(F)F)CCSC1. The van der Waals surface area contributed by atoms with Crippen molar-refractivity contribution in [3.63, 3.8) is 0 Å².